The number of aryl methyl sites for hydroxylation is 1. The van der Waals surface area contributed by atoms with Gasteiger partial charge in [-0.1, -0.05) is 29.5 Å². The molecule has 2 aromatic heterocycles. The van der Waals surface area contributed by atoms with Crippen molar-refractivity contribution in [2.45, 2.75) is 6.92 Å². The van der Waals surface area contributed by atoms with Crippen LogP contribution in [0.25, 0.3) is 16.9 Å². The first kappa shape index (κ1) is 19.6. The van der Waals surface area contributed by atoms with Gasteiger partial charge in [-0.05, 0) is 37.3 Å². The maximum Gasteiger partial charge on any atom is 0.261 e. The van der Waals surface area contributed by atoms with Gasteiger partial charge in [0, 0.05) is 11.8 Å². The van der Waals surface area contributed by atoms with Crippen LogP contribution in [-0.4, -0.2) is 40.1 Å². The Morgan fingerprint density at radius 3 is 2.53 bits per heavy atom. The summed E-state index contributed by atoms with van der Waals surface area (Å²) in [5, 5.41) is 16.6. The van der Waals surface area contributed by atoms with Crippen molar-refractivity contribution in [1.82, 2.24) is 20.0 Å². The zero-order chi connectivity index (χ0) is 21.1. The normalized spacial score (nSPS) is 10.6. The quantitative estimate of drug-likeness (QED) is 0.507. The Kier molecular flexibility index (Phi) is 5.44. The molecule has 0 aliphatic heterocycles. The Morgan fingerprint density at radius 2 is 1.87 bits per heavy atom. The molecule has 8 nitrogen and oxygen atoms in total. The number of amides is 1. The Hall–Kier alpha value is -3.72. The van der Waals surface area contributed by atoms with Gasteiger partial charge in [0.2, 0.25) is 5.13 Å². The van der Waals surface area contributed by atoms with Crippen molar-refractivity contribution >= 4 is 22.4 Å². The number of benzene rings is 2. The van der Waals surface area contributed by atoms with Crippen molar-refractivity contribution in [3.05, 3.63) is 65.3 Å². The maximum absolute atomic E-state index is 13.1. The van der Waals surface area contributed by atoms with Gasteiger partial charge in [0.05, 0.1) is 25.5 Å². The van der Waals surface area contributed by atoms with E-state index in [-0.39, 0.29) is 5.91 Å². The van der Waals surface area contributed by atoms with E-state index in [0.717, 1.165) is 10.7 Å². The number of nitrogens with zero attached hydrogens (tertiary/aromatic N) is 4. The highest BCUT2D eigenvalue weighted by atomic mass is 32.1. The lowest BCUT2D eigenvalue weighted by Gasteiger charge is -2.10. The highest BCUT2D eigenvalue weighted by Gasteiger charge is 2.23. The molecule has 0 fully saturated rings. The Balaban J connectivity index is 1.84. The van der Waals surface area contributed by atoms with Crippen molar-refractivity contribution < 1.29 is 14.3 Å². The molecule has 30 heavy (non-hydrogen) atoms. The fourth-order valence-electron chi connectivity index (χ4n) is 2.96. The van der Waals surface area contributed by atoms with Crippen LogP contribution >= 0.6 is 11.3 Å². The lowest BCUT2D eigenvalue weighted by atomic mass is 10.1. The Labute approximate surface area is 177 Å². The first-order chi connectivity index (χ1) is 14.6. The molecule has 2 aromatic carbocycles. The zero-order valence-electron chi connectivity index (χ0n) is 16.6. The van der Waals surface area contributed by atoms with E-state index in [0.29, 0.717) is 33.5 Å². The SMILES string of the molecule is COc1ccc(OC)c(-c2nn(-c3ccccc3)cc2C(=O)Nc2nnc(C)s2)c1. The van der Waals surface area contributed by atoms with Gasteiger partial charge >= 0.3 is 0 Å². The third kappa shape index (κ3) is 3.87. The average molecular weight is 421 g/mol. The number of hydrogen-bond acceptors (Lipinski definition) is 7. The van der Waals surface area contributed by atoms with E-state index in [2.05, 4.69) is 15.5 Å². The minimum Gasteiger partial charge on any atom is -0.497 e. The molecule has 1 amide bonds. The van der Waals surface area contributed by atoms with E-state index in [1.54, 1.807) is 43.3 Å². The summed E-state index contributed by atoms with van der Waals surface area (Å²) in [7, 11) is 3.16. The van der Waals surface area contributed by atoms with Crippen LogP contribution in [0, 0.1) is 6.92 Å². The largest absolute Gasteiger partial charge is 0.497 e. The van der Waals surface area contributed by atoms with Gasteiger partial charge in [-0.2, -0.15) is 5.10 Å². The molecule has 0 saturated carbocycles. The van der Waals surface area contributed by atoms with E-state index in [9.17, 15) is 4.79 Å². The van der Waals surface area contributed by atoms with Crippen LogP contribution in [0.3, 0.4) is 0 Å². The predicted octanol–water partition coefficient (Wildman–Crippen LogP) is 3.97. The highest BCUT2D eigenvalue weighted by Crippen LogP contribution is 2.35. The fraction of sp³-hybridized carbons (Fsp3) is 0.143. The van der Waals surface area contributed by atoms with Gasteiger partial charge in [-0.25, -0.2) is 4.68 Å². The van der Waals surface area contributed by atoms with Gasteiger partial charge in [-0.3, -0.25) is 10.1 Å². The number of nitrogens with one attached hydrogen (secondary N) is 1. The van der Waals surface area contributed by atoms with Crippen LogP contribution in [0.15, 0.2) is 54.7 Å². The lowest BCUT2D eigenvalue weighted by molar-refractivity contribution is 0.102. The topological polar surface area (TPSA) is 91.2 Å². The summed E-state index contributed by atoms with van der Waals surface area (Å²) < 4.78 is 12.5. The first-order valence-corrected chi connectivity index (χ1v) is 9.89. The van der Waals surface area contributed by atoms with Crippen LogP contribution in [-0.2, 0) is 0 Å². The van der Waals surface area contributed by atoms with Crippen LogP contribution < -0.4 is 14.8 Å². The summed E-state index contributed by atoms with van der Waals surface area (Å²) in [6.45, 7) is 1.83. The molecule has 2 heterocycles. The second-order valence-corrected chi connectivity index (χ2v) is 7.50. The van der Waals surface area contributed by atoms with E-state index in [4.69, 9.17) is 14.6 Å². The maximum atomic E-state index is 13.1. The molecule has 9 heteroatoms. The number of carbonyl (C=O) groups excluding carboxylic acids is 1. The van der Waals surface area contributed by atoms with Crippen molar-refractivity contribution in [1.29, 1.82) is 0 Å². The molecule has 1 N–H and O–H groups in total. The first-order valence-electron chi connectivity index (χ1n) is 9.08. The van der Waals surface area contributed by atoms with Crippen molar-refractivity contribution in [2.24, 2.45) is 0 Å². The van der Waals surface area contributed by atoms with Crippen LogP contribution in [0.5, 0.6) is 11.5 Å². The molecule has 0 unspecified atom stereocenters. The van der Waals surface area contributed by atoms with Gasteiger partial charge in [-0.15, -0.1) is 10.2 Å². The summed E-state index contributed by atoms with van der Waals surface area (Å²) in [5.74, 6) is 0.870. The summed E-state index contributed by atoms with van der Waals surface area (Å²) in [6, 6.07) is 14.9. The number of rotatable bonds is 6. The van der Waals surface area contributed by atoms with E-state index in [1.807, 2.05) is 37.3 Å². The van der Waals surface area contributed by atoms with Crippen LogP contribution in [0.4, 0.5) is 5.13 Å². The van der Waals surface area contributed by atoms with Crippen molar-refractivity contribution in [3.8, 4) is 28.4 Å². The van der Waals surface area contributed by atoms with E-state index in [1.165, 1.54) is 11.3 Å². The molecule has 152 valence electrons. The second-order valence-electron chi connectivity index (χ2n) is 6.32. The summed E-state index contributed by atoms with van der Waals surface area (Å²) in [4.78, 5) is 13.1. The summed E-state index contributed by atoms with van der Waals surface area (Å²) in [6.07, 6.45) is 1.69. The molecule has 0 atom stereocenters. The fourth-order valence-corrected chi connectivity index (χ4v) is 3.55. The van der Waals surface area contributed by atoms with Crippen molar-refractivity contribution in [3.63, 3.8) is 0 Å². The molecule has 0 aliphatic rings. The van der Waals surface area contributed by atoms with E-state index >= 15 is 0 Å². The van der Waals surface area contributed by atoms with Gasteiger partial charge in [0.1, 0.15) is 22.2 Å². The molecule has 4 aromatic rings. The smallest absolute Gasteiger partial charge is 0.261 e. The number of para-hydroxylation sites is 1. The summed E-state index contributed by atoms with van der Waals surface area (Å²) >= 11 is 1.30. The summed E-state index contributed by atoms with van der Waals surface area (Å²) in [5.41, 5.74) is 2.31. The Morgan fingerprint density at radius 1 is 1.07 bits per heavy atom. The molecule has 0 spiro atoms. The van der Waals surface area contributed by atoms with Gasteiger partial charge < -0.3 is 9.47 Å². The molecule has 0 bridgehead atoms. The number of carbonyl (C=O) groups is 1. The predicted molar refractivity (Wildman–Crippen MR) is 115 cm³/mol. The average Bonchev–Trinajstić information content (AvgIpc) is 3.40. The molecule has 0 saturated heterocycles. The number of hydrogen-bond donors (Lipinski definition) is 1. The monoisotopic (exact) mass is 421 g/mol. The minimum absolute atomic E-state index is 0.340. The van der Waals surface area contributed by atoms with E-state index < -0.39 is 0 Å². The third-order valence-electron chi connectivity index (χ3n) is 4.39. The van der Waals surface area contributed by atoms with Crippen molar-refractivity contribution in [2.75, 3.05) is 19.5 Å². The zero-order valence-corrected chi connectivity index (χ0v) is 17.4. The molecular weight excluding hydrogens is 402 g/mol. The number of anilines is 1. The molecular formula is C21H19N5O3S. The number of aromatic nitrogens is 4. The Bertz CT molecular complexity index is 1190. The second kappa shape index (κ2) is 8.34. The number of methoxy groups -OCH3 is 2. The molecule has 0 radical (unpaired) electrons. The van der Waals surface area contributed by atoms with Crippen LogP contribution in [0.1, 0.15) is 15.4 Å². The van der Waals surface area contributed by atoms with Crippen LogP contribution in [0.2, 0.25) is 0 Å². The third-order valence-corrected chi connectivity index (χ3v) is 5.14. The number of ether oxygens (including phenoxy) is 2. The minimum atomic E-state index is -0.340. The molecule has 4 rings (SSSR count). The standard InChI is InChI=1S/C21H19N5O3S/c1-13-23-24-21(30-13)22-20(27)17-12-26(14-7-5-4-6-8-14)25-19(17)16-11-15(28-2)9-10-18(16)29-3/h4-12H,1-3H3,(H,22,24,27). The lowest BCUT2D eigenvalue weighted by Crippen LogP contribution is -2.12. The van der Waals surface area contributed by atoms with Gasteiger partial charge in [0.25, 0.3) is 5.91 Å². The molecule has 0 aliphatic carbocycles. The highest BCUT2D eigenvalue weighted by molar-refractivity contribution is 7.15. The van der Waals surface area contributed by atoms with Gasteiger partial charge in [0.15, 0.2) is 0 Å².